The van der Waals surface area contributed by atoms with Crippen LogP contribution >= 0.6 is 0 Å². The van der Waals surface area contributed by atoms with Gasteiger partial charge in [0.1, 0.15) is 0 Å². The van der Waals surface area contributed by atoms with Gasteiger partial charge in [-0.15, -0.1) is 0 Å². The highest BCUT2D eigenvalue weighted by Crippen LogP contribution is 2.20. The fraction of sp³-hybridized carbons (Fsp3) is 0.471. The van der Waals surface area contributed by atoms with Crippen molar-refractivity contribution in [1.29, 1.82) is 0 Å². The predicted molar refractivity (Wildman–Crippen MR) is 84.4 cm³/mol. The molecular weight excluding hydrogens is 246 g/mol. The van der Waals surface area contributed by atoms with Gasteiger partial charge in [-0.05, 0) is 24.5 Å². The quantitative estimate of drug-likeness (QED) is 0.781. The molecule has 0 spiro atoms. The zero-order valence-corrected chi connectivity index (χ0v) is 12.6. The van der Waals surface area contributed by atoms with Gasteiger partial charge in [-0.1, -0.05) is 50.5 Å². The highest BCUT2D eigenvalue weighted by Gasteiger charge is 2.05. The summed E-state index contributed by atoms with van der Waals surface area (Å²) in [5, 5.41) is 4.50. The summed E-state index contributed by atoms with van der Waals surface area (Å²) in [6.45, 7) is 2.77. The van der Waals surface area contributed by atoms with Crippen LogP contribution in [0.3, 0.4) is 0 Å². The summed E-state index contributed by atoms with van der Waals surface area (Å²) in [6.07, 6.45) is 6.43. The average molecular weight is 271 g/mol. The normalized spacial score (nSPS) is 10.9. The first-order valence-corrected chi connectivity index (χ1v) is 7.57. The van der Waals surface area contributed by atoms with Gasteiger partial charge in [-0.25, -0.2) is 0 Å². The maximum absolute atomic E-state index is 5.68. The van der Waals surface area contributed by atoms with Crippen molar-refractivity contribution >= 4 is 0 Å². The monoisotopic (exact) mass is 271 g/mol. The van der Waals surface area contributed by atoms with E-state index in [1.165, 1.54) is 37.7 Å². The number of nitrogens with zero attached hydrogens (tertiary/aromatic N) is 2. The second-order valence-corrected chi connectivity index (χ2v) is 5.36. The lowest BCUT2D eigenvalue weighted by Crippen LogP contribution is -2.03. The van der Waals surface area contributed by atoms with Gasteiger partial charge < -0.3 is 5.73 Å². The van der Waals surface area contributed by atoms with Gasteiger partial charge in [0.2, 0.25) is 0 Å². The van der Waals surface area contributed by atoms with Gasteiger partial charge in [-0.3, -0.25) is 4.68 Å². The Morgan fingerprint density at radius 3 is 2.45 bits per heavy atom. The molecule has 0 fully saturated rings. The average Bonchev–Trinajstić information content (AvgIpc) is 2.85. The standard InChI is InChI=1S/C17H25N3/c1-3-4-5-6-7-14-8-10-15(11-9-14)17-12-16(13-18)20(2)19-17/h8-12H,3-7,13,18H2,1-2H3. The second-order valence-electron chi connectivity index (χ2n) is 5.36. The maximum atomic E-state index is 5.68. The smallest absolute Gasteiger partial charge is 0.0926 e. The molecule has 2 rings (SSSR count). The molecular formula is C17H25N3. The summed E-state index contributed by atoms with van der Waals surface area (Å²) in [5.74, 6) is 0. The van der Waals surface area contributed by atoms with Crippen molar-refractivity contribution in [3.05, 3.63) is 41.6 Å². The Kier molecular flexibility index (Phi) is 5.36. The van der Waals surface area contributed by atoms with Crippen LogP contribution in [0.25, 0.3) is 11.3 Å². The fourth-order valence-corrected chi connectivity index (χ4v) is 2.44. The molecule has 0 aliphatic carbocycles. The minimum Gasteiger partial charge on any atom is -0.325 e. The third kappa shape index (κ3) is 3.70. The number of aryl methyl sites for hydroxylation is 2. The van der Waals surface area contributed by atoms with E-state index in [9.17, 15) is 0 Å². The molecule has 0 saturated heterocycles. The van der Waals surface area contributed by atoms with E-state index >= 15 is 0 Å². The molecule has 0 atom stereocenters. The minimum absolute atomic E-state index is 0.527. The number of rotatable bonds is 7. The molecule has 0 aliphatic heterocycles. The maximum Gasteiger partial charge on any atom is 0.0926 e. The van der Waals surface area contributed by atoms with E-state index in [0.29, 0.717) is 6.54 Å². The van der Waals surface area contributed by atoms with Crippen LogP contribution in [0.15, 0.2) is 30.3 Å². The first-order valence-electron chi connectivity index (χ1n) is 7.57. The van der Waals surface area contributed by atoms with Crippen LogP contribution in [0.4, 0.5) is 0 Å². The van der Waals surface area contributed by atoms with Crippen molar-refractivity contribution in [3.8, 4) is 11.3 Å². The van der Waals surface area contributed by atoms with Crippen molar-refractivity contribution in [2.45, 2.75) is 45.6 Å². The zero-order chi connectivity index (χ0) is 14.4. The van der Waals surface area contributed by atoms with Crippen LogP contribution in [0, 0.1) is 0 Å². The third-order valence-electron chi connectivity index (χ3n) is 3.75. The number of benzene rings is 1. The second kappa shape index (κ2) is 7.25. The Morgan fingerprint density at radius 1 is 1.10 bits per heavy atom. The molecule has 0 saturated carbocycles. The lowest BCUT2D eigenvalue weighted by Gasteiger charge is -2.02. The van der Waals surface area contributed by atoms with Crippen molar-refractivity contribution in [3.63, 3.8) is 0 Å². The molecule has 1 aromatic carbocycles. The topological polar surface area (TPSA) is 43.8 Å². The Hall–Kier alpha value is -1.61. The Morgan fingerprint density at radius 2 is 1.85 bits per heavy atom. The largest absolute Gasteiger partial charge is 0.325 e. The molecule has 20 heavy (non-hydrogen) atoms. The van der Waals surface area contributed by atoms with Crippen molar-refractivity contribution in [2.24, 2.45) is 12.8 Å². The van der Waals surface area contributed by atoms with Crippen LogP contribution in [-0.4, -0.2) is 9.78 Å². The van der Waals surface area contributed by atoms with E-state index in [0.717, 1.165) is 17.0 Å². The summed E-state index contributed by atoms with van der Waals surface area (Å²) in [7, 11) is 1.94. The highest BCUT2D eigenvalue weighted by molar-refractivity contribution is 5.59. The first kappa shape index (κ1) is 14.8. The van der Waals surface area contributed by atoms with Gasteiger partial charge in [0.15, 0.2) is 0 Å². The summed E-state index contributed by atoms with van der Waals surface area (Å²) in [6, 6.07) is 10.8. The van der Waals surface area contributed by atoms with E-state index in [1.807, 2.05) is 11.7 Å². The number of unbranched alkanes of at least 4 members (excludes halogenated alkanes) is 3. The van der Waals surface area contributed by atoms with Gasteiger partial charge in [0.25, 0.3) is 0 Å². The van der Waals surface area contributed by atoms with E-state index in [2.05, 4.69) is 42.4 Å². The molecule has 3 heteroatoms. The number of hydrogen-bond donors (Lipinski definition) is 1. The van der Waals surface area contributed by atoms with E-state index in [4.69, 9.17) is 5.73 Å². The Labute approximate surface area is 121 Å². The van der Waals surface area contributed by atoms with Gasteiger partial charge in [0, 0.05) is 19.2 Å². The number of nitrogens with two attached hydrogens (primary N) is 1. The number of hydrogen-bond acceptors (Lipinski definition) is 2. The summed E-state index contributed by atoms with van der Waals surface area (Å²) in [4.78, 5) is 0. The third-order valence-corrected chi connectivity index (χ3v) is 3.75. The summed E-state index contributed by atoms with van der Waals surface area (Å²) >= 11 is 0. The summed E-state index contributed by atoms with van der Waals surface area (Å²) in [5.41, 5.74) is 10.3. The molecule has 2 aromatic rings. The molecule has 0 bridgehead atoms. The van der Waals surface area contributed by atoms with E-state index < -0.39 is 0 Å². The van der Waals surface area contributed by atoms with Crippen LogP contribution in [0.1, 0.15) is 43.9 Å². The van der Waals surface area contributed by atoms with Gasteiger partial charge in [0.05, 0.1) is 11.4 Å². The fourth-order valence-electron chi connectivity index (χ4n) is 2.44. The molecule has 2 N–H and O–H groups in total. The van der Waals surface area contributed by atoms with Crippen molar-refractivity contribution in [1.82, 2.24) is 9.78 Å². The minimum atomic E-state index is 0.527. The molecule has 0 unspecified atom stereocenters. The van der Waals surface area contributed by atoms with Gasteiger partial charge in [-0.2, -0.15) is 5.10 Å². The van der Waals surface area contributed by atoms with Gasteiger partial charge >= 0.3 is 0 Å². The molecule has 0 amide bonds. The van der Waals surface area contributed by atoms with Crippen LogP contribution in [0.5, 0.6) is 0 Å². The van der Waals surface area contributed by atoms with Crippen molar-refractivity contribution in [2.75, 3.05) is 0 Å². The summed E-state index contributed by atoms with van der Waals surface area (Å²) < 4.78 is 1.86. The lowest BCUT2D eigenvalue weighted by molar-refractivity contribution is 0.667. The molecule has 108 valence electrons. The molecule has 3 nitrogen and oxygen atoms in total. The van der Waals surface area contributed by atoms with E-state index in [-0.39, 0.29) is 0 Å². The van der Waals surface area contributed by atoms with Crippen molar-refractivity contribution < 1.29 is 0 Å². The predicted octanol–water partition coefficient (Wildman–Crippen LogP) is 3.67. The lowest BCUT2D eigenvalue weighted by atomic mass is 10.0. The van der Waals surface area contributed by atoms with Crippen LogP contribution in [-0.2, 0) is 20.0 Å². The van der Waals surface area contributed by atoms with Crippen LogP contribution < -0.4 is 5.73 Å². The Balaban J connectivity index is 2.00. The Bertz CT molecular complexity index is 526. The number of aromatic nitrogens is 2. The SMILES string of the molecule is CCCCCCc1ccc(-c2cc(CN)n(C)n2)cc1. The first-order chi connectivity index (χ1) is 9.74. The molecule has 0 radical (unpaired) electrons. The van der Waals surface area contributed by atoms with Crippen LogP contribution in [0.2, 0.25) is 0 Å². The molecule has 0 aliphatic rings. The molecule has 1 aromatic heterocycles. The highest BCUT2D eigenvalue weighted by atomic mass is 15.3. The zero-order valence-electron chi connectivity index (χ0n) is 12.6. The molecule has 1 heterocycles. The van der Waals surface area contributed by atoms with E-state index in [1.54, 1.807) is 0 Å².